The largest absolute Gasteiger partial charge is 0.493 e. The van der Waals surface area contributed by atoms with Crippen LogP contribution in [0.1, 0.15) is 5.56 Å². The molecule has 1 amide bonds. The van der Waals surface area contributed by atoms with Gasteiger partial charge in [-0.05, 0) is 48.0 Å². The Balaban J connectivity index is 1.62. The van der Waals surface area contributed by atoms with Gasteiger partial charge in [-0.3, -0.25) is 19.8 Å². The van der Waals surface area contributed by atoms with Gasteiger partial charge in [0.15, 0.2) is 15.8 Å². The number of halogens is 2. The van der Waals surface area contributed by atoms with Crippen LogP contribution in [0.25, 0.3) is 6.08 Å². The summed E-state index contributed by atoms with van der Waals surface area (Å²) in [6.07, 6.45) is 3.04. The molecule has 12 heteroatoms. The first-order valence-electron chi connectivity index (χ1n) is 9.47. The van der Waals surface area contributed by atoms with Gasteiger partial charge in [0.05, 0.1) is 27.6 Å². The minimum Gasteiger partial charge on any atom is -0.493 e. The summed E-state index contributed by atoms with van der Waals surface area (Å²) in [4.78, 5) is 29.3. The van der Waals surface area contributed by atoms with Crippen LogP contribution in [0.15, 0.2) is 59.6 Å². The zero-order chi connectivity index (χ0) is 24.4. The lowest BCUT2D eigenvalue weighted by Gasteiger charge is -2.16. The molecule has 1 aromatic heterocycles. The van der Waals surface area contributed by atoms with E-state index in [9.17, 15) is 14.9 Å². The highest BCUT2D eigenvalue weighted by molar-refractivity contribution is 8.27. The predicted molar refractivity (Wildman–Crippen MR) is 136 cm³/mol. The lowest BCUT2D eigenvalue weighted by Crippen LogP contribution is -2.27. The highest BCUT2D eigenvalue weighted by atomic mass is 35.5. The average Bonchev–Trinajstić information content (AvgIpc) is 3.08. The van der Waals surface area contributed by atoms with Gasteiger partial charge >= 0.3 is 5.69 Å². The molecule has 0 N–H and O–H groups in total. The second-order valence-electron chi connectivity index (χ2n) is 6.71. The van der Waals surface area contributed by atoms with E-state index in [2.05, 4.69) is 4.98 Å². The van der Waals surface area contributed by atoms with Gasteiger partial charge in [-0.25, -0.2) is 4.98 Å². The van der Waals surface area contributed by atoms with Crippen molar-refractivity contribution in [3.05, 3.63) is 85.4 Å². The Kier molecular flexibility index (Phi) is 7.03. The Morgan fingerprint density at radius 1 is 1.18 bits per heavy atom. The first-order valence-corrected chi connectivity index (χ1v) is 11.4. The van der Waals surface area contributed by atoms with E-state index < -0.39 is 4.92 Å². The minimum atomic E-state index is -0.585. The van der Waals surface area contributed by atoms with Crippen molar-refractivity contribution in [1.82, 2.24) is 4.98 Å². The van der Waals surface area contributed by atoms with Gasteiger partial charge in [-0.15, -0.1) is 0 Å². The highest BCUT2D eigenvalue weighted by Gasteiger charge is 2.34. The SMILES string of the molecule is COc1cc(/C=C2/SC(=S)N(c3ccc(Cl)cc3Cl)C2=O)ccc1Oc1ncccc1[N+](=O)[O-]. The van der Waals surface area contributed by atoms with Crippen LogP contribution in [0.3, 0.4) is 0 Å². The number of pyridine rings is 1. The van der Waals surface area contributed by atoms with E-state index in [-0.39, 0.29) is 23.2 Å². The van der Waals surface area contributed by atoms with Crippen molar-refractivity contribution in [3.63, 3.8) is 0 Å². The number of thioether (sulfide) groups is 1. The quantitative estimate of drug-likeness (QED) is 0.153. The summed E-state index contributed by atoms with van der Waals surface area (Å²) in [6.45, 7) is 0. The summed E-state index contributed by atoms with van der Waals surface area (Å²) in [6, 6.07) is 12.4. The molecule has 1 aliphatic heterocycles. The summed E-state index contributed by atoms with van der Waals surface area (Å²) < 4.78 is 11.3. The molecule has 0 aliphatic carbocycles. The van der Waals surface area contributed by atoms with Gasteiger partial charge < -0.3 is 9.47 Å². The Hall–Kier alpha value is -3.18. The number of aromatic nitrogens is 1. The van der Waals surface area contributed by atoms with Crippen molar-refractivity contribution >= 4 is 74.9 Å². The topological polar surface area (TPSA) is 94.8 Å². The molecule has 2 heterocycles. The van der Waals surface area contributed by atoms with Gasteiger partial charge in [0.1, 0.15) is 0 Å². The normalized spacial score (nSPS) is 14.6. The Bertz CT molecular complexity index is 1370. The Morgan fingerprint density at radius 2 is 1.97 bits per heavy atom. The smallest absolute Gasteiger partial charge is 0.331 e. The molecule has 0 bridgehead atoms. The molecule has 0 unspecified atom stereocenters. The first kappa shape index (κ1) is 24.0. The number of methoxy groups -OCH3 is 1. The number of anilines is 1. The average molecular weight is 534 g/mol. The van der Waals surface area contributed by atoms with Gasteiger partial charge in [0, 0.05) is 17.3 Å². The predicted octanol–water partition coefficient (Wildman–Crippen LogP) is 6.50. The maximum absolute atomic E-state index is 13.1. The van der Waals surface area contributed by atoms with Crippen molar-refractivity contribution in [2.24, 2.45) is 0 Å². The van der Waals surface area contributed by atoms with Crippen molar-refractivity contribution in [1.29, 1.82) is 0 Å². The third-order valence-electron chi connectivity index (χ3n) is 4.58. The number of ether oxygens (including phenoxy) is 2. The number of hydrogen-bond acceptors (Lipinski definition) is 8. The molecule has 0 atom stereocenters. The number of carbonyl (C=O) groups excluding carboxylic acids is 1. The second-order valence-corrected chi connectivity index (χ2v) is 9.23. The highest BCUT2D eigenvalue weighted by Crippen LogP contribution is 2.41. The molecule has 34 heavy (non-hydrogen) atoms. The molecule has 3 aromatic rings. The first-order chi connectivity index (χ1) is 16.3. The van der Waals surface area contributed by atoms with Gasteiger partial charge in [0.2, 0.25) is 0 Å². The van der Waals surface area contributed by atoms with Crippen molar-refractivity contribution < 1.29 is 19.2 Å². The number of nitrogens with zero attached hydrogens (tertiary/aromatic N) is 3. The molecule has 2 aromatic carbocycles. The summed E-state index contributed by atoms with van der Waals surface area (Å²) >= 11 is 18.7. The zero-order valence-electron chi connectivity index (χ0n) is 17.2. The van der Waals surface area contributed by atoms with E-state index in [1.807, 2.05) is 0 Å². The fraction of sp³-hybridized carbons (Fsp3) is 0.0455. The number of nitro groups is 1. The second kappa shape index (κ2) is 9.98. The van der Waals surface area contributed by atoms with Crippen LogP contribution in [0.5, 0.6) is 17.4 Å². The van der Waals surface area contributed by atoms with E-state index >= 15 is 0 Å². The molecular formula is C22H13Cl2N3O5S2. The van der Waals surface area contributed by atoms with Gasteiger partial charge in [-0.2, -0.15) is 0 Å². The molecule has 172 valence electrons. The van der Waals surface area contributed by atoms with Gasteiger partial charge in [0.25, 0.3) is 11.8 Å². The lowest BCUT2D eigenvalue weighted by molar-refractivity contribution is -0.386. The summed E-state index contributed by atoms with van der Waals surface area (Å²) in [5, 5.41) is 12.0. The van der Waals surface area contributed by atoms with Crippen LogP contribution in [0.4, 0.5) is 11.4 Å². The number of benzene rings is 2. The van der Waals surface area contributed by atoms with Crippen molar-refractivity contribution in [2.45, 2.75) is 0 Å². The third kappa shape index (κ3) is 4.85. The van der Waals surface area contributed by atoms with Crippen LogP contribution >= 0.6 is 47.2 Å². The van der Waals surface area contributed by atoms with Crippen LogP contribution < -0.4 is 14.4 Å². The van der Waals surface area contributed by atoms with E-state index in [4.69, 9.17) is 44.9 Å². The number of thiocarbonyl (C=S) groups is 1. The minimum absolute atomic E-state index is 0.167. The molecule has 4 rings (SSSR count). The van der Waals surface area contributed by atoms with Gasteiger partial charge in [-0.1, -0.05) is 53.2 Å². The summed E-state index contributed by atoms with van der Waals surface area (Å²) in [5.74, 6) is 0.0220. The molecule has 1 aliphatic rings. The lowest BCUT2D eigenvalue weighted by atomic mass is 10.1. The molecule has 0 spiro atoms. The Labute approximate surface area is 213 Å². The van der Waals surface area contributed by atoms with Crippen molar-refractivity contribution in [3.8, 4) is 17.4 Å². The van der Waals surface area contributed by atoms with Crippen LogP contribution in [-0.4, -0.2) is 27.2 Å². The molecule has 0 saturated carbocycles. The molecule has 1 fully saturated rings. The molecule has 0 radical (unpaired) electrons. The van der Waals surface area contributed by atoms with Crippen LogP contribution in [-0.2, 0) is 4.79 Å². The maximum atomic E-state index is 13.1. The fourth-order valence-corrected chi connectivity index (χ4v) is 4.83. The van der Waals surface area contributed by atoms with Crippen LogP contribution in [0.2, 0.25) is 10.0 Å². The monoisotopic (exact) mass is 533 g/mol. The number of rotatable bonds is 6. The molecule has 8 nitrogen and oxygen atoms in total. The van der Waals surface area contributed by atoms with Crippen molar-refractivity contribution in [2.75, 3.05) is 12.0 Å². The maximum Gasteiger partial charge on any atom is 0.331 e. The molecule has 1 saturated heterocycles. The van der Waals surface area contributed by atoms with E-state index in [1.54, 1.807) is 36.4 Å². The fourth-order valence-electron chi connectivity index (χ4n) is 3.05. The molecular weight excluding hydrogens is 521 g/mol. The van der Waals surface area contributed by atoms with E-state index in [0.717, 1.165) is 11.8 Å². The third-order valence-corrected chi connectivity index (χ3v) is 6.42. The van der Waals surface area contributed by atoms with E-state index in [0.29, 0.717) is 36.3 Å². The zero-order valence-corrected chi connectivity index (χ0v) is 20.4. The summed E-state index contributed by atoms with van der Waals surface area (Å²) in [5.41, 5.74) is 0.788. The number of carbonyl (C=O) groups is 1. The Morgan fingerprint density at radius 3 is 2.68 bits per heavy atom. The summed E-state index contributed by atoms with van der Waals surface area (Å²) in [7, 11) is 1.43. The standard InChI is InChI=1S/C22H13Cl2N3O5S2/c1-31-18-9-12(4-7-17(18)32-20-16(27(29)30)3-2-8-25-20)10-19-21(28)26(22(33)34-19)15-6-5-13(23)11-14(15)24/h2-11H,1H3/b19-10+. The van der Waals surface area contributed by atoms with Crippen LogP contribution in [0, 0.1) is 10.1 Å². The van der Waals surface area contributed by atoms with E-state index in [1.165, 1.54) is 36.4 Å². The number of amides is 1. The number of hydrogen-bond donors (Lipinski definition) is 0.